The second-order valence-corrected chi connectivity index (χ2v) is 7.88. The SMILES string of the molecule is CC(C)(C(N)=O)C(=O)Nc1nc(-c2cc(-c3ccon3)n(Cc3ccccc3F)n2)ncc1F. The molecule has 4 aromatic rings. The second-order valence-electron chi connectivity index (χ2n) is 7.88. The van der Waals surface area contributed by atoms with Crippen molar-refractivity contribution in [3.8, 4) is 22.9 Å². The van der Waals surface area contributed by atoms with Crippen LogP contribution in [0.15, 0.2) is 53.4 Å². The lowest BCUT2D eigenvalue weighted by Gasteiger charge is -2.19. The fourth-order valence-electron chi connectivity index (χ4n) is 2.94. The van der Waals surface area contributed by atoms with Gasteiger partial charge in [0.05, 0.1) is 18.4 Å². The summed E-state index contributed by atoms with van der Waals surface area (Å²) in [6.07, 6.45) is 2.23. The molecule has 2 amide bonds. The Labute approximate surface area is 191 Å². The van der Waals surface area contributed by atoms with Gasteiger partial charge in [0.15, 0.2) is 17.5 Å². The summed E-state index contributed by atoms with van der Waals surface area (Å²) in [5.41, 5.74) is 5.13. The van der Waals surface area contributed by atoms with E-state index < -0.39 is 34.7 Å². The zero-order valence-electron chi connectivity index (χ0n) is 18.1. The smallest absolute Gasteiger partial charge is 0.240 e. The predicted octanol–water partition coefficient (Wildman–Crippen LogP) is 2.77. The highest BCUT2D eigenvalue weighted by atomic mass is 19.1. The fourth-order valence-corrected chi connectivity index (χ4v) is 2.94. The lowest BCUT2D eigenvalue weighted by Crippen LogP contribution is -2.42. The quantitative estimate of drug-likeness (QED) is 0.398. The Morgan fingerprint density at radius 1 is 1.15 bits per heavy atom. The highest BCUT2D eigenvalue weighted by Gasteiger charge is 2.35. The van der Waals surface area contributed by atoms with Crippen LogP contribution in [0.3, 0.4) is 0 Å². The Balaban J connectivity index is 1.72. The third-order valence-corrected chi connectivity index (χ3v) is 5.15. The van der Waals surface area contributed by atoms with Crippen molar-refractivity contribution in [3.63, 3.8) is 0 Å². The van der Waals surface area contributed by atoms with Gasteiger partial charge in [0.25, 0.3) is 0 Å². The molecule has 3 aromatic heterocycles. The monoisotopic (exact) mass is 467 g/mol. The van der Waals surface area contributed by atoms with Crippen LogP contribution in [0, 0.1) is 17.0 Å². The number of rotatable bonds is 7. The van der Waals surface area contributed by atoms with Gasteiger partial charge < -0.3 is 15.6 Å². The highest BCUT2D eigenvalue weighted by Crippen LogP contribution is 2.26. The molecule has 3 heterocycles. The largest absolute Gasteiger partial charge is 0.369 e. The molecule has 0 aliphatic heterocycles. The number of amides is 2. The molecule has 12 heteroatoms. The van der Waals surface area contributed by atoms with E-state index in [0.29, 0.717) is 17.0 Å². The number of nitrogens with one attached hydrogen (secondary N) is 1. The third-order valence-electron chi connectivity index (χ3n) is 5.15. The first kappa shape index (κ1) is 22.7. The first-order valence-corrected chi connectivity index (χ1v) is 10.0. The van der Waals surface area contributed by atoms with Gasteiger partial charge in [0.2, 0.25) is 11.8 Å². The Bertz CT molecular complexity index is 1370. The van der Waals surface area contributed by atoms with Crippen molar-refractivity contribution in [1.82, 2.24) is 24.9 Å². The zero-order valence-corrected chi connectivity index (χ0v) is 18.1. The molecular formula is C22H19F2N7O3. The third kappa shape index (κ3) is 4.37. The van der Waals surface area contributed by atoms with E-state index in [4.69, 9.17) is 10.3 Å². The topological polar surface area (TPSA) is 142 Å². The summed E-state index contributed by atoms with van der Waals surface area (Å²) < 4.78 is 35.0. The zero-order chi connectivity index (χ0) is 24.5. The number of anilines is 1. The minimum atomic E-state index is -1.60. The van der Waals surface area contributed by atoms with Gasteiger partial charge in [-0.15, -0.1) is 0 Å². The van der Waals surface area contributed by atoms with Gasteiger partial charge in [-0.2, -0.15) is 5.10 Å². The van der Waals surface area contributed by atoms with E-state index in [1.807, 2.05) is 0 Å². The molecule has 0 aliphatic carbocycles. The Morgan fingerprint density at radius 2 is 1.91 bits per heavy atom. The van der Waals surface area contributed by atoms with Gasteiger partial charge in [-0.1, -0.05) is 23.4 Å². The van der Waals surface area contributed by atoms with Crippen molar-refractivity contribution in [3.05, 3.63) is 66.1 Å². The fraction of sp³-hybridized carbons (Fsp3) is 0.182. The van der Waals surface area contributed by atoms with E-state index >= 15 is 0 Å². The maximum Gasteiger partial charge on any atom is 0.240 e. The number of nitrogens with zero attached hydrogens (tertiary/aromatic N) is 5. The molecule has 0 saturated heterocycles. The molecule has 0 bridgehead atoms. The van der Waals surface area contributed by atoms with Crippen molar-refractivity contribution >= 4 is 17.6 Å². The van der Waals surface area contributed by atoms with Crippen LogP contribution in [-0.4, -0.2) is 36.7 Å². The van der Waals surface area contributed by atoms with Crippen molar-refractivity contribution in [2.45, 2.75) is 20.4 Å². The van der Waals surface area contributed by atoms with Crippen LogP contribution in [0.2, 0.25) is 0 Å². The number of hydrogen-bond acceptors (Lipinski definition) is 7. The summed E-state index contributed by atoms with van der Waals surface area (Å²) in [5.74, 6) is -3.52. The van der Waals surface area contributed by atoms with Gasteiger partial charge in [0, 0.05) is 11.6 Å². The Kier molecular flexibility index (Phi) is 5.88. The molecule has 34 heavy (non-hydrogen) atoms. The van der Waals surface area contributed by atoms with Crippen LogP contribution >= 0.6 is 0 Å². The van der Waals surface area contributed by atoms with Crippen LogP contribution in [0.1, 0.15) is 19.4 Å². The van der Waals surface area contributed by atoms with Crippen molar-refractivity contribution in [2.24, 2.45) is 11.1 Å². The first-order chi connectivity index (χ1) is 16.2. The summed E-state index contributed by atoms with van der Waals surface area (Å²) in [6.45, 7) is 2.67. The molecule has 0 saturated carbocycles. The summed E-state index contributed by atoms with van der Waals surface area (Å²) >= 11 is 0. The normalized spacial score (nSPS) is 11.4. The Morgan fingerprint density at radius 3 is 2.59 bits per heavy atom. The van der Waals surface area contributed by atoms with Crippen LogP contribution in [0.4, 0.5) is 14.6 Å². The van der Waals surface area contributed by atoms with Gasteiger partial charge in [-0.05, 0) is 26.0 Å². The second kappa shape index (κ2) is 8.81. The average Bonchev–Trinajstić information content (AvgIpc) is 3.46. The highest BCUT2D eigenvalue weighted by molar-refractivity contribution is 6.09. The van der Waals surface area contributed by atoms with Crippen LogP contribution in [0.5, 0.6) is 0 Å². The van der Waals surface area contributed by atoms with E-state index in [1.165, 1.54) is 30.9 Å². The molecule has 3 N–H and O–H groups in total. The molecule has 1 aromatic carbocycles. The molecule has 0 aliphatic rings. The van der Waals surface area contributed by atoms with E-state index in [2.05, 4.69) is 25.5 Å². The number of aromatic nitrogens is 5. The maximum absolute atomic E-state index is 14.3. The van der Waals surface area contributed by atoms with Gasteiger partial charge >= 0.3 is 0 Å². The Hall–Kier alpha value is -4.48. The molecule has 4 rings (SSSR count). The summed E-state index contributed by atoms with van der Waals surface area (Å²) in [7, 11) is 0. The standard InChI is InChI=1S/C22H19F2N7O3/c1-22(2,20(25)32)21(33)28-18-14(24)10-26-19(27-18)16-9-17(15-7-8-34-30-15)31(29-16)11-12-5-3-4-6-13(12)23/h3-10H,11H2,1-2H3,(H2,25,32)(H,26,27,28,33). The summed E-state index contributed by atoms with van der Waals surface area (Å²) in [4.78, 5) is 31.9. The molecular weight excluding hydrogens is 448 g/mol. The van der Waals surface area contributed by atoms with E-state index in [1.54, 1.807) is 30.3 Å². The van der Waals surface area contributed by atoms with Gasteiger partial charge in [0.1, 0.15) is 28.9 Å². The number of hydrogen-bond donors (Lipinski definition) is 2. The van der Waals surface area contributed by atoms with E-state index in [9.17, 15) is 18.4 Å². The van der Waals surface area contributed by atoms with Crippen molar-refractivity contribution in [1.29, 1.82) is 0 Å². The lowest BCUT2D eigenvalue weighted by atomic mass is 9.91. The molecule has 0 fully saturated rings. The van der Waals surface area contributed by atoms with Crippen molar-refractivity contribution in [2.75, 3.05) is 5.32 Å². The summed E-state index contributed by atoms with van der Waals surface area (Å²) in [5, 5.41) is 10.6. The molecule has 174 valence electrons. The molecule has 10 nitrogen and oxygen atoms in total. The number of halogens is 2. The molecule has 0 radical (unpaired) electrons. The lowest BCUT2D eigenvalue weighted by molar-refractivity contribution is -0.136. The van der Waals surface area contributed by atoms with E-state index in [0.717, 1.165) is 6.20 Å². The van der Waals surface area contributed by atoms with Crippen LogP contribution in [0.25, 0.3) is 22.9 Å². The molecule has 0 spiro atoms. The maximum atomic E-state index is 14.3. The number of carbonyl (C=O) groups excluding carboxylic acids is 2. The van der Waals surface area contributed by atoms with Gasteiger partial charge in [-0.3, -0.25) is 14.3 Å². The van der Waals surface area contributed by atoms with Crippen LogP contribution in [-0.2, 0) is 16.1 Å². The summed E-state index contributed by atoms with van der Waals surface area (Å²) in [6, 6.07) is 9.40. The van der Waals surface area contributed by atoms with Crippen LogP contribution < -0.4 is 11.1 Å². The minimum absolute atomic E-state index is 0.0226. The number of carbonyl (C=O) groups is 2. The minimum Gasteiger partial charge on any atom is -0.369 e. The van der Waals surface area contributed by atoms with Gasteiger partial charge in [-0.25, -0.2) is 18.7 Å². The average molecular weight is 467 g/mol. The molecule has 0 atom stereocenters. The van der Waals surface area contributed by atoms with Crippen molar-refractivity contribution < 1.29 is 22.9 Å². The first-order valence-electron chi connectivity index (χ1n) is 10.0. The number of nitrogens with two attached hydrogens (primary N) is 1. The number of benzene rings is 1. The van der Waals surface area contributed by atoms with E-state index in [-0.39, 0.29) is 18.1 Å². The number of primary amides is 1. The predicted molar refractivity (Wildman–Crippen MR) is 116 cm³/mol. The molecule has 0 unspecified atom stereocenters.